The van der Waals surface area contributed by atoms with Crippen molar-refractivity contribution in [3.8, 4) is 0 Å². The molecule has 2 atom stereocenters. The van der Waals surface area contributed by atoms with Crippen LogP contribution in [0.2, 0.25) is 0 Å². The molecule has 1 unspecified atom stereocenters. The van der Waals surface area contributed by atoms with Gasteiger partial charge in [0.25, 0.3) is 0 Å². The minimum absolute atomic E-state index is 0.164. The van der Waals surface area contributed by atoms with Gasteiger partial charge in [-0.2, -0.15) is 0 Å². The van der Waals surface area contributed by atoms with E-state index in [2.05, 4.69) is 26.1 Å². The van der Waals surface area contributed by atoms with Crippen LogP contribution >= 0.6 is 0 Å². The summed E-state index contributed by atoms with van der Waals surface area (Å²) in [5.74, 6) is -0.164. The zero-order chi connectivity index (χ0) is 12.5. The lowest BCUT2D eigenvalue weighted by Crippen LogP contribution is -2.30. The fraction of sp³-hybridized carbons (Fsp3) is 0.600. The molecule has 1 aromatic carbocycles. The van der Waals surface area contributed by atoms with Crippen LogP contribution in [0.1, 0.15) is 51.6 Å². The van der Waals surface area contributed by atoms with Gasteiger partial charge in [0.2, 0.25) is 0 Å². The van der Waals surface area contributed by atoms with E-state index in [0.717, 1.165) is 5.56 Å². The standard InChI is InChI=1S/C15H22FN/c1-11(12-4-6-13(16)7-5-12)17-14-8-9-15(2,3)10-14/h4-7,11,14,17H,8-10H2,1-3H3/t11-,14?/m0/s1. The van der Waals surface area contributed by atoms with E-state index < -0.39 is 0 Å². The molecule has 0 amide bonds. The van der Waals surface area contributed by atoms with E-state index in [0.29, 0.717) is 17.5 Å². The Labute approximate surface area is 103 Å². The Morgan fingerprint density at radius 3 is 2.47 bits per heavy atom. The first-order valence-electron chi connectivity index (χ1n) is 6.48. The highest BCUT2D eigenvalue weighted by molar-refractivity contribution is 5.19. The molecule has 1 fully saturated rings. The minimum Gasteiger partial charge on any atom is -0.307 e. The van der Waals surface area contributed by atoms with Crippen LogP contribution in [-0.4, -0.2) is 6.04 Å². The van der Waals surface area contributed by atoms with Crippen LogP contribution in [0.25, 0.3) is 0 Å². The second-order valence-electron chi connectivity index (χ2n) is 6.04. The van der Waals surface area contributed by atoms with Crippen LogP contribution in [-0.2, 0) is 0 Å². The van der Waals surface area contributed by atoms with Gasteiger partial charge in [-0.05, 0) is 49.3 Å². The van der Waals surface area contributed by atoms with Crippen LogP contribution in [0, 0.1) is 11.2 Å². The lowest BCUT2D eigenvalue weighted by atomic mass is 9.91. The third kappa shape index (κ3) is 3.29. The summed E-state index contributed by atoms with van der Waals surface area (Å²) in [5, 5.41) is 3.65. The SMILES string of the molecule is C[C@H](NC1CCC(C)(C)C1)c1ccc(F)cc1. The normalized spacial score (nSPS) is 24.8. The molecule has 1 aliphatic carbocycles. The average Bonchev–Trinajstić information content (AvgIpc) is 2.59. The van der Waals surface area contributed by atoms with Gasteiger partial charge in [-0.25, -0.2) is 4.39 Å². The number of hydrogen-bond donors (Lipinski definition) is 1. The molecule has 1 aromatic rings. The van der Waals surface area contributed by atoms with E-state index in [1.165, 1.54) is 31.4 Å². The summed E-state index contributed by atoms with van der Waals surface area (Å²) in [7, 11) is 0. The molecule has 1 saturated carbocycles. The minimum atomic E-state index is -0.164. The van der Waals surface area contributed by atoms with Gasteiger partial charge < -0.3 is 5.32 Å². The molecule has 17 heavy (non-hydrogen) atoms. The van der Waals surface area contributed by atoms with E-state index in [-0.39, 0.29) is 5.82 Å². The largest absolute Gasteiger partial charge is 0.307 e. The third-order valence-corrected chi connectivity index (χ3v) is 3.82. The van der Waals surface area contributed by atoms with Crippen molar-refractivity contribution < 1.29 is 4.39 Å². The fourth-order valence-electron chi connectivity index (χ4n) is 2.78. The van der Waals surface area contributed by atoms with Crippen molar-refractivity contribution in [2.75, 3.05) is 0 Å². The smallest absolute Gasteiger partial charge is 0.123 e. The number of benzene rings is 1. The van der Waals surface area contributed by atoms with Gasteiger partial charge in [-0.3, -0.25) is 0 Å². The van der Waals surface area contributed by atoms with Crippen molar-refractivity contribution in [3.63, 3.8) is 0 Å². The Kier molecular flexibility index (Phi) is 3.53. The number of nitrogens with one attached hydrogen (secondary N) is 1. The zero-order valence-electron chi connectivity index (χ0n) is 11.0. The molecule has 1 N–H and O–H groups in total. The molecule has 0 aliphatic heterocycles. The maximum atomic E-state index is 12.8. The Morgan fingerprint density at radius 1 is 1.29 bits per heavy atom. The predicted octanol–water partition coefficient (Wildman–Crippen LogP) is 4.06. The molecule has 0 bridgehead atoms. The maximum Gasteiger partial charge on any atom is 0.123 e. The molecule has 0 saturated heterocycles. The summed E-state index contributed by atoms with van der Waals surface area (Å²) < 4.78 is 12.8. The van der Waals surface area contributed by atoms with Crippen molar-refractivity contribution in [1.82, 2.24) is 5.32 Å². The van der Waals surface area contributed by atoms with E-state index in [1.54, 1.807) is 0 Å². The summed E-state index contributed by atoms with van der Waals surface area (Å²) in [6.07, 6.45) is 3.78. The molecule has 94 valence electrons. The highest BCUT2D eigenvalue weighted by Crippen LogP contribution is 2.37. The van der Waals surface area contributed by atoms with Gasteiger partial charge in [0, 0.05) is 12.1 Å². The third-order valence-electron chi connectivity index (χ3n) is 3.82. The maximum absolute atomic E-state index is 12.8. The number of halogens is 1. The molecule has 0 spiro atoms. The van der Waals surface area contributed by atoms with Gasteiger partial charge in [-0.15, -0.1) is 0 Å². The van der Waals surface area contributed by atoms with Gasteiger partial charge >= 0.3 is 0 Å². The van der Waals surface area contributed by atoms with E-state index in [9.17, 15) is 4.39 Å². The second kappa shape index (κ2) is 4.77. The molecule has 1 aliphatic rings. The molecule has 0 aromatic heterocycles. The number of rotatable bonds is 3. The summed E-state index contributed by atoms with van der Waals surface area (Å²) in [5.41, 5.74) is 1.64. The van der Waals surface area contributed by atoms with Crippen LogP contribution in [0.4, 0.5) is 4.39 Å². The monoisotopic (exact) mass is 235 g/mol. The van der Waals surface area contributed by atoms with Crippen molar-refractivity contribution in [2.45, 2.75) is 52.1 Å². The van der Waals surface area contributed by atoms with Gasteiger partial charge in [0.1, 0.15) is 5.82 Å². The highest BCUT2D eigenvalue weighted by Gasteiger charge is 2.31. The first kappa shape index (κ1) is 12.6. The van der Waals surface area contributed by atoms with E-state index in [4.69, 9.17) is 0 Å². The quantitative estimate of drug-likeness (QED) is 0.833. The molecule has 1 nitrogen and oxygen atoms in total. The van der Waals surface area contributed by atoms with Crippen LogP contribution in [0.3, 0.4) is 0 Å². The van der Waals surface area contributed by atoms with Crippen molar-refractivity contribution in [2.24, 2.45) is 5.41 Å². The average molecular weight is 235 g/mol. The Morgan fingerprint density at radius 2 is 1.94 bits per heavy atom. The Bertz CT molecular complexity index is 369. The predicted molar refractivity (Wildman–Crippen MR) is 69.4 cm³/mol. The molecule has 2 heteroatoms. The molecular formula is C15H22FN. The second-order valence-corrected chi connectivity index (χ2v) is 6.04. The van der Waals surface area contributed by atoms with E-state index in [1.807, 2.05) is 12.1 Å². The van der Waals surface area contributed by atoms with E-state index >= 15 is 0 Å². The fourth-order valence-corrected chi connectivity index (χ4v) is 2.78. The van der Waals surface area contributed by atoms with Gasteiger partial charge in [0.05, 0.1) is 0 Å². The lowest BCUT2D eigenvalue weighted by molar-refractivity contribution is 0.356. The van der Waals surface area contributed by atoms with Crippen LogP contribution in [0.5, 0.6) is 0 Å². The zero-order valence-corrected chi connectivity index (χ0v) is 11.0. The summed E-state index contributed by atoms with van der Waals surface area (Å²) in [6, 6.07) is 7.71. The topological polar surface area (TPSA) is 12.0 Å². The molecule has 0 heterocycles. The first-order chi connectivity index (χ1) is 7.96. The summed E-state index contributed by atoms with van der Waals surface area (Å²) in [6.45, 7) is 6.81. The van der Waals surface area contributed by atoms with Crippen LogP contribution in [0.15, 0.2) is 24.3 Å². The van der Waals surface area contributed by atoms with Crippen molar-refractivity contribution in [3.05, 3.63) is 35.6 Å². The van der Waals surface area contributed by atoms with Crippen molar-refractivity contribution >= 4 is 0 Å². The number of hydrogen-bond acceptors (Lipinski definition) is 1. The summed E-state index contributed by atoms with van der Waals surface area (Å²) in [4.78, 5) is 0. The van der Waals surface area contributed by atoms with Gasteiger partial charge in [-0.1, -0.05) is 26.0 Å². The molecule has 0 radical (unpaired) electrons. The lowest BCUT2D eigenvalue weighted by Gasteiger charge is -2.22. The van der Waals surface area contributed by atoms with Crippen LogP contribution < -0.4 is 5.32 Å². The highest BCUT2D eigenvalue weighted by atomic mass is 19.1. The summed E-state index contributed by atoms with van der Waals surface area (Å²) >= 11 is 0. The molecular weight excluding hydrogens is 213 g/mol. The van der Waals surface area contributed by atoms with Gasteiger partial charge in [0.15, 0.2) is 0 Å². The Balaban J connectivity index is 1.93. The Hall–Kier alpha value is -0.890. The first-order valence-corrected chi connectivity index (χ1v) is 6.48. The molecule has 2 rings (SSSR count). The van der Waals surface area contributed by atoms with Crippen molar-refractivity contribution in [1.29, 1.82) is 0 Å².